The van der Waals surface area contributed by atoms with E-state index in [1.54, 1.807) is 24.3 Å². The summed E-state index contributed by atoms with van der Waals surface area (Å²) < 4.78 is 17.7. The smallest absolute Gasteiger partial charge is 0.275 e. The van der Waals surface area contributed by atoms with Gasteiger partial charge in [-0.15, -0.1) is 0 Å². The van der Waals surface area contributed by atoms with Crippen molar-refractivity contribution in [3.63, 3.8) is 0 Å². The summed E-state index contributed by atoms with van der Waals surface area (Å²) in [7, 11) is 4.46. The monoisotopic (exact) mass is 452 g/mol. The van der Waals surface area contributed by atoms with Gasteiger partial charge in [-0.05, 0) is 38.1 Å². The van der Waals surface area contributed by atoms with Crippen molar-refractivity contribution >= 4 is 17.8 Å². The van der Waals surface area contributed by atoms with Crippen molar-refractivity contribution in [3.05, 3.63) is 75.1 Å². The molecular formula is C23H24N4O6. The summed E-state index contributed by atoms with van der Waals surface area (Å²) in [6.07, 6.45) is 1.53. The van der Waals surface area contributed by atoms with Crippen molar-refractivity contribution < 1.29 is 23.9 Å². The Labute approximate surface area is 190 Å². The first kappa shape index (κ1) is 23.3. The largest absolute Gasteiger partial charge is 0.497 e. The van der Waals surface area contributed by atoms with E-state index in [1.807, 2.05) is 24.5 Å². The lowest BCUT2D eigenvalue weighted by Crippen LogP contribution is -2.18. The summed E-state index contributed by atoms with van der Waals surface area (Å²) >= 11 is 0. The highest BCUT2D eigenvalue weighted by Gasteiger charge is 2.17. The number of nitrogens with one attached hydrogen (secondary N) is 1. The van der Waals surface area contributed by atoms with Crippen LogP contribution in [0.5, 0.6) is 17.2 Å². The fraction of sp³-hybridized carbons (Fsp3) is 0.217. The van der Waals surface area contributed by atoms with Gasteiger partial charge in [-0.3, -0.25) is 14.9 Å². The van der Waals surface area contributed by atoms with Crippen molar-refractivity contribution in [1.82, 2.24) is 9.99 Å². The second kappa shape index (κ2) is 9.86. The molecule has 0 atom stereocenters. The number of carbonyl (C=O) groups is 1. The quantitative estimate of drug-likeness (QED) is 0.316. The number of aryl methyl sites for hydroxylation is 1. The van der Waals surface area contributed by atoms with Gasteiger partial charge in [0.15, 0.2) is 0 Å². The van der Waals surface area contributed by atoms with Crippen LogP contribution < -0.4 is 19.6 Å². The molecule has 0 unspecified atom stereocenters. The van der Waals surface area contributed by atoms with Gasteiger partial charge in [0, 0.05) is 29.1 Å². The summed E-state index contributed by atoms with van der Waals surface area (Å²) in [5.74, 6) is 0.873. The summed E-state index contributed by atoms with van der Waals surface area (Å²) in [6.45, 7) is 3.77. The molecule has 1 heterocycles. The Balaban J connectivity index is 1.85. The first-order valence-electron chi connectivity index (χ1n) is 9.87. The van der Waals surface area contributed by atoms with Crippen LogP contribution >= 0.6 is 0 Å². The van der Waals surface area contributed by atoms with E-state index in [0.29, 0.717) is 28.5 Å². The zero-order valence-electron chi connectivity index (χ0n) is 18.9. The number of nitro groups is 1. The van der Waals surface area contributed by atoms with Gasteiger partial charge in [-0.2, -0.15) is 5.10 Å². The molecule has 0 aliphatic heterocycles. The van der Waals surface area contributed by atoms with Crippen molar-refractivity contribution in [2.75, 3.05) is 21.3 Å². The summed E-state index contributed by atoms with van der Waals surface area (Å²) in [5, 5.41) is 15.2. The molecule has 0 bridgehead atoms. The number of hydrazone groups is 1. The predicted octanol–water partition coefficient (Wildman–Crippen LogP) is 3.79. The van der Waals surface area contributed by atoms with Crippen LogP contribution in [0.3, 0.4) is 0 Å². The standard InChI is InChI=1S/C23H24N4O6/c1-14-10-16(13-24-25-23(28)19-8-7-18(31-3)12-21(19)32-4)15(2)26(14)20-9-6-17(27(29)30)11-22(20)33-5/h6-13H,1-5H3,(H,25,28)/b24-13-. The lowest BCUT2D eigenvalue weighted by atomic mass is 10.2. The molecule has 0 aliphatic carbocycles. The Kier molecular flexibility index (Phi) is 6.97. The van der Waals surface area contributed by atoms with Crippen molar-refractivity contribution in [2.45, 2.75) is 13.8 Å². The zero-order chi connectivity index (χ0) is 24.1. The Morgan fingerprint density at radius 1 is 1.03 bits per heavy atom. The first-order valence-corrected chi connectivity index (χ1v) is 9.87. The summed E-state index contributed by atoms with van der Waals surface area (Å²) in [6, 6.07) is 11.2. The second-order valence-electron chi connectivity index (χ2n) is 7.04. The van der Waals surface area contributed by atoms with Gasteiger partial charge in [0.05, 0.1) is 49.8 Å². The van der Waals surface area contributed by atoms with E-state index >= 15 is 0 Å². The highest BCUT2D eigenvalue weighted by molar-refractivity contribution is 5.97. The van der Waals surface area contributed by atoms with Gasteiger partial charge in [0.25, 0.3) is 11.6 Å². The number of ether oxygens (including phenoxy) is 3. The van der Waals surface area contributed by atoms with Gasteiger partial charge in [-0.1, -0.05) is 0 Å². The minimum Gasteiger partial charge on any atom is -0.497 e. The average molecular weight is 452 g/mol. The van der Waals surface area contributed by atoms with E-state index < -0.39 is 10.8 Å². The van der Waals surface area contributed by atoms with Gasteiger partial charge in [0.2, 0.25) is 0 Å². The molecule has 3 rings (SSSR count). The van der Waals surface area contributed by atoms with E-state index in [-0.39, 0.29) is 5.69 Å². The highest BCUT2D eigenvalue weighted by Crippen LogP contribution is 2.31. The minimum absolute atomic E-state index is 0.0588. The predicted molar refractivity (Wildman–Crippen MR) is 123 cm³/mol. The number of benzene rings is 2. The van der Waals surface area contributed by atoms with Crippen LogP contribution in [0.25, 0.3) is 5.69 Å². The minimum atomic E-state index is -0.472. The molecule has 0 spiro atoms. The van der Waals surface area contributed by atoms with Gasteiger partial charge in [0.1, 0.15) is 17.2 Å². The third kappa shape index (κ3) is 4.79. The normalized spacial score (nSPS) is 10.8. The molecule has 0 aliphatic rings. The number of methoxy groups -OCH3 is 3. The SMILES string of the molecule is COc1ccc(C(=O)N/N=C\c2cc(C)n(-c3ccc([N+](=O)[O-])cc3OC)c2C)c(OC)c1. The van der Waals surface area contributed by atoms with Crippen LogP contribution in [-0.2, 0) is 0 Å². The lowest BCUT2D eigenvalue weighted by Gasteiger charge is -2.13. The molecule has 0 saturated carbocycles. The molecule has 3 aromatic rings. The van der Waals surface area contributed by atoms with Crippen LogP contribution in [0.2, 0.25) is 0 Å². The lowest BCUT2D eigenvalue weighted by molar-refractivity contribution is -0.384. The number of carbonyl (C=O) groups excluding carboxylic acids is 1. The molecule has 33 heavy (non-hydrogen) atoms. The van der Waals surface area contributed by atoms with E-state index in [1.165, 1.54) is 39.7 Å². The van der Waals surface area contributed by atoms with E-state index in [2.05, 4.69) is 10.5 Å². The number of hydrogen-bond donors (Lipinski definition) is 1. The van der Waals surface area contributed by atoms with Gasteiger partial charge >= 0.3 is 0 Å². The second-order valence-corrected chi connectivity index (χ2v) is 7.04. The molecule has 172 valence electrons. The number of amides is 1. The molecule has 1 amide bonds. The van der Waals surface area contributed by atoms with Crippen LogP contribution in [0.15, 0.2) is 47.6 Å². The number of aromatic nitrogens is 1. The fourth-order valence-electron chi connectivity index (χ4n) is 3.46. The first-order chi connectivity index (χ1) is 15.8. The molecule has 2 aromatic carbocycles. The van der Waals surface area contributed by atoms with Crippen LogP contribution in [0, 0.1) is 24.0 Å². The van der Waals surface area contributed by atoms with Crippen molar-refractivity contribution in [1.29, 1.82) is 0 Å². The van der Waals surface area contributed by atoms with Crippen molar-refractivity contribution in [3.8, 4) is 22.9 Å². The van der Waals surface area contributed by atoms with Gasteiger partial charge in [-0.25, -0.2) is 5.43 Å². The molecule has 1 aromatic heterocycles. The summed E-state index contributed by atoms with van der Waals surface area (Å²) in [4.78, 5) is 23.1. The molecule has 10 heteroatoms. The van der Waals surface area contributed by atoms with Crippen molar-refractivity contribution in [2.24, 2.45) is 5.10 Å². The zero-order valence-corrected chi connectivity index (χ0v) is 18.9. The number of rotatable bonds is 8. The molecular weight excluding hydrogens is 428 g/mol. The highest BCUT2D eigenvalue weighted by atomic mass is 16.6. The van der Waals surface area contributed by atoms with E-state index in [4.69, 9.17) is 14.2 Å². The Morgan fingerprint density at radius 2 is 1.76 bits per heavy atom. The average Bonchev–Trinajstić information content (AvgIpc) is 3.10. The Hall–Kier alpha value is -4.34. The number of nitro benzene ring substituents is 1. The maximum Gasteiger partial charge on any atom is 0.275 e. The maximum absolute atomic E-state index is 12.5. The molecule has 10 nitrogen and oxygen atoms in total. The molecule has 0 saturated heterocycles. The fourth-order valence-corrected chi connectivity index (χ4v) is 3.46. The summed E-state index contributed by atoms with van der Waals surface area (Å²) in [5.41, 5.74) is 5.86. The van der Waals surface area contributed by atoms with Crippen LogP contribution in [-0.4, -0.2) is 42.9 Å². The Bertz CT molecular complexity index is 1230. The van der Waals surface area contributed by atoms with E-state index in [9.17, 15) is 14.9 Å². The third-order valence-electron chi connectivity index (χ3n) is 5.11. The van der Waals surface area contributed by atoms with Crippen LogP contribution in [0.4, 0.5) is 5.69 Å². The maximum atomic E-state index is 12.5. The molecule has 1 N–H and O–H groups in total. The van der Waals surface area contributed by atoms with Crippen LogP contribution in [0.1, 0.15) is 27.3 Å². The third-order valence-corrected chi connectivity index (χ3v) is 5.11. The topological polar surface area (TPSA) is 117 Å². The van der Waals surface area contributed by atoms with Gasteiger partial charge < -0.3 is 18.8 Å². The number of non-ortho nitro benzene ring substituents is 1. The molecule has 0 fully saturated rings. The Morgan fingerprint density at radius 3 is 2.39 bits per heavy atom. The number of nitrogens with zero attached hydrogens (tertiary/aromatic N) is 3. The molecule has 0 radical (unpaired) electrons. The van der Waals surface area contributed by atoms with E-state index in [0.717, 1.165) is 17.0 Å². The number of hydrogen-bond acceptors (Lipinski definition) is 7.